The molecule has 0 saturated heterocycles. The molecule has 1 aliphatic heterocycles. The summed E-state index contributed by atoms with van der Waals surface area (Å²) in [6, 6.07) is 22.1. The van der Waals surface area contributed by atoms with Crippen molar-refractivity contribution in [2.24, 2.45) is 7.05 Å². The molecule has 5 aromatic rings. The highest BCUT2D eigenvalue weighted by Gasteiger charge is 2.22. The molecule has 0 N–H and O–H groups in total. The Kier molecular flexibility index (Phi) is 5.07. The third-order valence-electron chi connectivity index (χ3n) is 6.37. The second kappa shape index (κ2) is 8.42. The summed E-state index contributed by atoms with van der Waals surface area (Å²) in [4.78, 5) is 32.3. The Labute approximate surface area is 205 Å². The SMILES string of the molecule is Cc1c(-n2c(/C=C/c3ccc4c(c3)OCO4)nc3ccccc3c2=O)c(=O)n(-c2ccccc2)n1C. The number of rotatable bonds is 4. The van der Waals surface area contributed by atoms with E-state index >= 15 is 0 Å². The van der Waals surface area contributed by atoms with E-state index in [1.807, 2.05) is 67.6 Å². The van der Waals surface area contributed by atoms with Gasteiger partial charge in [0.15, 0.2) is 11.5 Å². The predicted octanol–water partition coefficient (Wildman–Crippen LogP) is 4.08. The van der Waals surface area contributed by atoms with Gasteiger partial charge in [-0.3, -0.25) is 18.8 Å². The quantitative estimate of drug-likeness (QED) is 0.389. The standard InChI is InChI=1S/C28H22N4O4/c1-18-26(28(34)32(30(18)2)20-8-4-3-5-9-20)31-25(29-22-11-7-6-10-21(22)27(31)33)15-13-19-12-14-23-24(16-19)36-17-35-23/h3-16H,17H2,1-2H3/b15-13+. The van der Waals surface area contributed by atoms with Gasteiger partial charge >= 0.3 is 0 Å². The van der Waals surface area contributed by atoms with E-state index < -0.39 is 0 Å². The van der Waals surface area contributed by atoms with E-state index in [1.165, 1.54) is 4.57 Å². The smallest absolute Gasteiger partial charge is 0.296 e. The molecule has 178 valence electrons. The van der Waals surface area contributed by atoms with Gasteiger partial charge in [-0.15, -0.1) is 0 Å². The molecule has 36 heavy (non-hydrogen) atoms. The van der Waals surface area contributed by atoms with Crippen LogP contribution in [0.1, 0.15) is 17.1 Å². The first-order chi connectivity index (χ1) is 17.5. The summed E-state index contributed by atoms with van der Waals surface area (Å²) in [5, 5.41) is 0.437. The van der Waals surface area contributed by atoms with Crippen molar-refractivity contribution in [2.45, 2.75) is 6.92 Å². The van der Waals surface area contributed by atoms with Crippen LogP contribution in [0.5, 0.6) is 11.5 Å². The molecular weight excluding hydrogens is 456 g/mol. The maximum atomic E-state index is 13.8. The van der Waals surface area contributed by atoms with Gasteiger partial charge in [0.1, 0.15) is 11.5 Å². The van der Waals surface area contributed by atoms with E-state index in [0.29, 0.717) is 39.6 Å². The van der Waals surface area contributed by atoms with Crippen LogP contribution >= 0.6 is 0 Å². The van der Waals surface area contributed by atoms with Crippen molar-refractivity contribution < 1.29 is 9.47 Å². The molecule has 8 nitrogen and oxygen atoms in total. The monoisotopic (exact) mass is 478 g/mol. The Morgan fingerprint density at radius 3 is 2.44 bits per heavy atom. The fourth-order valence-corrected chi connectivity index (χ4v) is 4.48. The number of hydrogen-bond donors (Lipinski definition) is 0. The molecule has 0 unspecified atom stereocenters. The van der Waals surface area contributed by atoms with Crippen molar-refractivity contribution in [2.75, 3.05) is 6.79 Å². The van der Waals surface area contributed by atoms with Crippen LogP contribution in [-0.2, 0) is 7.05 Å². The summed E-state index contributed by atoms with van der Waals surface area (Å²) < 4.78 is 15.6. The minimum atomic E-state index is -0.308. The maximum Gasteiger partial charge on any atom is 0.296 e. The van der Waals surface area contributed by atoms with Gasteiger partial charge in [0, 0.05) is 7.05 Å². The number of para-hydroxylation sites is 2. The van der Waals surface area contributed by atoms with Crippen LogP contribution < -0.4 is 20.6 Å². The van der Waals surface area contributed by atoms with Crippen LogP contribution in [0.4, 0.5) is 0 Å². The third-order valence-corrected chi connectivity index (χ3v) is 6.37. The maximum absolute atomic E-state index is 13.8. The highest BCUT2D eigenvalue weighted by molar-refractivity contribution is 5.80. The average Bonchev–Trinajstić information content (AvgIpc) is 3.45. The molecule has 8 heteroatoms. The Morgan fingerprint density at radius 1 is 0.861 bits per heavy atom. The molecule has 0 bridgehead atoms. The zero-order valence-corrected chi connectivity index (χ0v) is 19.7. The van der Waals surface area contributed by atoms with Gasteiger partial charge in [-0.25, -0.2) is 9.67 Å². The minimum absolute atomic E-state index is 0.190. The van der Waals surface area contributed by atoms with Crippen molar-refractivity contribution in [1.82, 2.24) is 18.9 Å². The fraction of sp³-hybridized carbons (Fsp3) is 0.107. The average molecular weight is 479 g/mol. The van der Waals surface area contributed by atoms with Crippen LogP contribution in [0.15, 0.2) is 82.4 Å². The number of ether oxygens (including phenoxy) is 2. The lowest BCUT2D eigenvalue weighted by Gasteiger charge is -2.10. The number of aromatic nitrogens is 4. The summed E-state index contributed by atoms with van der Waals surface area (Å²) in [6.45, 7) is 2.01. The summed E-state index contributed by atoms with van der Waals surface area (Å²) in [5.74, 6) is 1.70. The molecule has 0 saturated carbocycles. The Hall–Kier alpha value is -4.85. The second-order valence-corrected chi connectivity index (χ2v) is 8.48. The molecule has 3 aromatic carbocycles. The van der Waals surface area contributed by atoms with Crippen LogP contribution in [0, 0.1) is 6.92 Å². The van der Waals surface area contributed by atoms with Gasteiger partial charge in [0.25, 0.3) is 11.1 Å². The number of fused-ring (bicyclic) bond motifs is 2. The molecule has 0 radical (unpaired) electrons. The van der Waals surface area contributed by atoms with Gasteiger partial charge in [0.05, 0.1) is 22.3 Å². The lowest BCUT2D eigenvalue weighted by molar-refractivity contribution is 0.174. The summed E-state index contributed by atoms with van der Waals surface area (Å²) in [7, 11) is 1.80. The highest BCUT2D eigenvalue weighted by atomic mass is 16.7. The van der Waals surface area contributed by atoms with Crippen molar-refractivity contribution in [3.63, 3.8) is 0 Å². The summed E-state index contributed by atoms with van der Waals surface area (Å²) in [6.07, 6.45) is 3.58. The summed E-state index contributed by atoms with van der Waals surface area (Å²) >= 11 is 0. The lowest BCUT2D eigenvalue weighted by atomic mass is 10.2. The normalized spacial score (nSPS) is 12.6. The summed E-state index contributed by atoms with van der Waals surface area (Å²) in [5.41, 5.74) is 2.39. The van der Waals surface area contributed by atoms with E-state index in [0.717, 1.165) is 5.56 Å². The number of hydrogen-bond acceptors (Lipinski definition) is 5. The molecule has 0 spiro atoms. The van der Waals surface area contributed by atoms with Crippen LogP contribution in [0.2, 0.25) is 0 Å². The van der Waals surface area contributed by atoms with Gasteiger partial charge in [-0.05, 0) is 55.0 Å². The van der Waals surface area contributed by atoms with E-state index in [2.05, 4.69) is 0 Å². The van der Waals surface area contributed by atoms with E-state index in [9.17, 15) is 9.59 Å². The molecule has 2 aromatic heterocycles. The molecule has 6 rings (SSSR count). The Bertz CT molecular complexity index is 1780. The van der Waals surface area contributed by atoms with E-state index in [4.69, 9.17) is 14.5 Å². The molecule has 0 aliphatic carbocycles. The Morgan fingerprint density at radius 2 is 1.61 bits per heavy atom. The van der Waals surface area contributed by atoms with Crippen molar-refractivity contribution in [3.05, 3.63) is 111 Å². The molecule has 0 amide bonds. The van der Waals surface area contributed by atoms with Crippen LogP contribution in [-0.4, -0.2) is 25.7 Å². The van der Waals surface area contributed by atoms with Crippen LogP contribution in [0.25, 0.3) is 34.4 Å². The Balaban J connectivity index is 1.58. The number of nitrogens with zero attached hydrogens (tertiary/aromatic N) is 4. The van der Waals surface area contributed by atoms with Gasteiger partial charge in [0.2, 0.25) is 6.79 Å². The highest BCUT2D eigenvalue weighted by Crippen LogP contribution is 2.33. The first-order valence-electron chi connectivity index (χ1n) is 11.5. The third kappa shape index (κ3) is 3.42. The molecule has 0 atom stereocenters. The van der Waals surface area contributed by atoms with E-state index in [1.54, 1.807) is 40.7 Å². The molecule has 0 fully saturated rings. The minimum Gasteiger partial charge on any atom is -0.454 e. The van der Waals surface area contributed by atoms with Crippen molar-refractivity contribution in [3.8, 4) is 22.9 Å². The second-order valence-electron chi connectivity index (χ2n) is 8.48. The molecular formula is C28H22N4O4. The van der Waals surface area contributed by atoms with E-state index in [-0.39, 0.29) is 23.6 Å². The molecule has 3 heterocycles. The number of benzene rings is 3. The first-order valence-corrected chi connectivity index (χ1v) is 11.5. The van der Waals surface area contributed by atoms with Gasteiger partial charge in [-0.1, -0.05) is 42.5 Å². The molecule has 1 aliphatic rings. The largest absolute Gasteiger partial charge is 0.454 e. The first kappa shape index (κ1) is 21.7. The van der Waals surface area contributed by atoms with Gasteiger partial charge < -0.3 is 9.47 Å². The zero-order chi connectivity index (χ0) is 24.8. The topological polar surface area (TPSA) is 80.3 Å². The van der Waals surface area contributed by atoms with Crippen molar-refractivity contribution in [1.29, 1.82) is 0 Å². The lowest BCUT2D eigenvalue weighted by Crippen LogP contribution is -2.28. The van der Waals surface area contributed by atoms with Crippen molar-refractivity contribution >= 4 is 23.1 Å². The fourth-order valence-electron chi connectivity index (χ4n) is 4.48. The van der Waals surface area contributed by atoms with Crippen LogP contribution in [0.3, 0.4) is 0 Å². The van der Waals surface area contributed by atoms with Gasteiger partial charge in [-0.2, -0.15) is 0 Å². The zero-order valence-electron chi connectivity index (χ0n) is 19.7. The predicted molar refractivity (Wildman–Crippen MR) is 138 cm³/mol.